The third-order valence-electron chi connectivity index (χ3n) is 4.13. The second-order valence-corrected chi connectivity index (χ2v) is 5.48. The van der Waals surface area contributed by atoms with Gasteiger partial charge in [0.2, 0.25) is 0 Å². The van der Waals surface area contributed by atoms with Gasteiger partial charge in [-0.1, -0.05) is 18.6 Å². The first-order chi connectivity index (χ1) is 9.02. The van der Waals surface area contributed by atoms with Gasteiger partial charge in [-0.15, -0.1) is 0 Å². The molecule has 1 aliphatic heterocycles. The molecular weight excluding hydrogens is 246 g/mol. The summed E-state index contributed by atoms with van der Waals surface area (Å²) >= 11 is 0. The summed E-state index contributed by atoms with van der Waals surface area (Å²) in [5.41, 5.74) is 6.46. The minimum Gasteiger partial charge on any atom is -0.327 e. The van der Waals surface area contributed by atoms with Crippen LogP contribution in [0.5, 0.6) is 0 Å². The first kappa shape index (κ1) is 14.4. The van der Waals surface area contributed by atoms with E-state index in [1.807, 2.05) is 13.8 Å². The van der Waals surface area contributed by atoms with E-state index < -0.39 is 11.6 Å². The predicted molar refractivity (Wildman–Crippen MR) is 72.8 cm³/mol. The van der Waals surface area contributed by atoms with E-state index in [1.54, 1.807) is 12.1 Å². The Morgan fingerprint density at radius 2 is 2.00 bits per heavy atom. The van der Waals surface area contributed by atoms with Gasteiger partial charge in [0.1, 0.15) is 0 Å². The minimum absolute atomic E-state index is 0.0411. The van der Waals surface area contributed by atoms with E-state index >= 15 is 0 Å². The monoisotopic (exact) mass is 268 g/mol. The Kier molecular flexibility index (Phi) is 4.53. The Morgan fingerprint density at radius 3 is 2.68 bits per heavy atom. The van der Waals surface area contributed by atoms with Crippen LogP contribution in [0.25, 0.3) is 0 Å². The Bertz CT molecular complexity index is 434. The van der Waals surface area contributed by atoms with Crippen LogP contribution < -0.4 is 5.73 Å². The topological polar surface area (TPSA) is 29.3 Å². The van der Waals surface area contributed by atoms with Crippen molar-refractivity contribution in [1.29, 1.82) is 0 Å². The molecular formula is C15H22F2N2. The Morgan fingerprint density at radius 1 is 1.26 bits per heavy atom. The summed E-state index contributed by atoms with van der Waals surface area (Å²) in [4.78, 5) is 2.21. The second kappa shape index (κ2) is 5.97. The van der Waals surface area contributed by atoms with Gasteiger partial charge in [-0.25, -0.2) is 8.78 Å². The number of piperidine rings is 1. The van der Waals surface area contributed by atoms with Crippen molar-refractivity contribution in [3.8, 4) is 0 Å². The zero-order valence-corrected chi connectivity index (χ0v) is 11.6. The van der Waals surface area contributed by atoms with Gasteiger partial charge in [0.05, 0.1) is 0 Å². The molecule has 1 heterocycles. The fraction of sp³-hybridized carbons (Fsp3) is 0.600. The average Bonchev–Trinajstić information content (AvgIpc) is 2.41. The van der Waals surface area contributed by atoms with Crippen molar-refractivity contribution < 1.29 is 8.78 Å². The van der Waals surface area contributed by atoms with Crippen LogP contribution in [-0.2, 0) is 0 Å². The quantitative estimate of drug-likeness (QED) is 0.912. The van der Waals surface area contributed by atoms with Crippen LogP contribution in [0.3, 0.4) is 0 Å². The maximum Gasteiger partial charge on any atom is 0.163 e. The maximum atomic E-state index is 13.9. The van der Waals surface area contributed by atoms with Crippen molar-refractivity contribution in [2.45, 2.75) is 51.2 Å². The fourth-order valence-corrected chi connectivity index (χ4v) is 3.05. The predicted octanol–water partition coefficient (Wildman–Crippen LogP) is 3.23. The van der Waals surface area contributed by atoms with Crippen LogP contribution in [-0.4, -0.2) is 23.5 Å². The lowest BCUT2D eigenvalue weighted by atomic mass is 9.93. The van der Waals surface area contributed by atoms with Crippen molar-refractivity contribution in [3.63, 3.8) is 0 Å². The molecule has 0 amide bonds. The standard InChI is InChI=1S/C15H22F2N2/c1-10(18)14-8-3-4-9-19(14)11(2)12-6-5-7-13(16)15(12)17/h5-7,10-11,14H,3-4,8-9,18H2,1-2H3. The molecule has 0 radical (unpaired) electrons. The highest BCUT2D eigenvalue weighted by Gasteiger charge is 2.31. The molecule has 1 aliphatic rings. The van der Waals surface area contributed by atoms with Crippen molar-refractivity contribution in [2.24, 2.45) is 5.73 Å². The van der Waals surface area contributed by atoms with Crippen LogP contribution in [0.15, 0.2) is 18.2 Å². The molecule has 4 heteroatoms. The largest absolute Gasteiger partial charge is 0.327 e. The Labute approximate surface area is 113 Å². The van der Waals surface area contributed by atoms with E-state index in [2.05, 4.69) is 4.90 Å². The number of hydrogen-bond donors (Lipinski definition) is 1. The van der Waals surface area contributed by atoms with Crippen LogP contribution in [0, 0.1) is 11.6 Å². The lowest BCUT2D eigenvalue weighted by molar-refractivity contribution is 0.0869. The van der Waals surface area contributed by atoms with Crippen LogP contribution in [0.2, 0.25) is 0 Å². The number of nitrogens with two attached hydrogens (primary N) is 1. The summed E-state index contributed by atoms with van der Waals surface area (Å²) in [7, 11) is 0. The Balaban J connectivity index is 2.26. The molecule has 0 saturated carbocycles. The van der Waals surface area contributed by atoms with Gasteiger partial charge in [-0.2, -0.15) is 0 Å². The van der Waals surface area contributed by atoms with E-state index in [9.17, 15) is 8.78 Å². The smallest absolute Gasteiger partial charge is 0.163 e. The van der Waals surface area contributed by atoms with Gasteiger partial charge < -0.3 is 5.73 Å². The lowest BCUT2D eigenvalue weighted by Gasteiger charge is -2.42. The zero-order valence-electron chi connectivity index (χ0n) is 11.6. The molecule has 2 nitrogen and oxygen atoms in total. The van der Waals surface area contributed by atoms with Crippen molar-refractivity contribution in [1.82, 2.24) is 4.90 Å². The minimum atomic E-state index is -0.779. The molecule has 0 bridgehead atoms. The van der Waals surface area contributed by atoms with Crippen LogP contribution in [0.1, 0.15) is 44.7 Å². The number of halogens is 2. The third kappa shape index (κ3) is 2.95. The average molecular weight is 268 g/mol. The van der Waals surface area contributed by atoms with Gasteiger partial charge in [0, 0.05) is 23.7 Å². The second-order valence-electron chi connectivity index (χ2n) is 5.48. The third-order valence-corrected chi connectivity index (χ3v) is 4.13. The highest BCUT2D eigenvalue weighted by Crippen LogP contribution is 2.31. The van der Waals surface area contributed by atoms with Gasteiger partial charge in [0.15, 0.2) is 11.6 Å². The number of hydrogen-bond acceptors (Lipinski definition) is 2. The number of benzene rings is 1. The molecule has 106 valence electrons. The molecule has 3 unspecified atom stereocenters. The molecule has 1 aromatic rings. The molecule has 1 saturated heterocycles. The first-order valence-electron chi connectivity index (χ1n) is 6.97. The van der Waals surface area contributed by atoms with E-state index in [-0.39, 0.29) is 18.1 Å². The first-order valence-corrected chi connectivity index (χ1v) is 6.97. The maximum absolute atomic E-state index is 13.9. The number of rotatable bonds is 3. The van der Waals surface area contributed by atoms with Crippen molar-refractivity contribution in [2.75, 3.05) is 6.54 Å². The zero-order chi connectivity index (χ0) is 14.0. The molecule has 1 fully saturated rings. The summed E-state index contributed by atoms with van der Waals surface area (Å²) in [5, 5.41) is 0. The van der Waals surface area contributed by atoms with Gasteiger partial charge >= 0.3 is 0 Å². The van der Waals surface area contributed by atoms with Crippen molar-refractivity contribution >= 4 is 0 Å². The van der Waals surface area contributed by atoms with Crippen molar-refractivity contribution in [3.05, 3.63) is 35.4 Å². The molecule has 3 atom stereocenters. The molecule has 19 heavy (non-hydrogen) atoms. The SMILES string of the molecule is CC(N)C1CCCCN1C(C)c1cccc(F)c1F. The van der Waals surface area contributed by atoms with E-state index in [1.165, 1.54) is 0 Å². The fourth-order valence-electron chi connectivity index (χ4n) is 3.05. The van der Waals surface area contributed by atoms with Crippen LogP contribution in [0.4, 0.5) is 8.78 Å². The highest BCUT2D eigenvalue weighted by atomic mass is 19.2. The van der Waals surface area contributed by atoms with E-state index in [0.29, 0.717) is 5.56 Å². The van der Waals surface area contributed by atoms with Gasteiger partial charge in [0.25, 0.3) is 0 Å². The molecule has 2 N–H and O–H groups in total. The summed E-state index contributed by atoms with van der Waals surface area (Å²) in [6, 6.07) is 4.52. The molecule has 1 aromatic carbocycles. The molecule has 0 aromatic heterocycles. The lowest BCUT2D eigenvalue weighted by Crippen LogP contribution is -2.50. The Hall–Kier alpha value is -1.00. The summed E-state index contributed by atoms with van der Waals surface area (Å²) in [5.74, 6) is -1.51. The highest BCUT2D eigenvalue weighted by molar-refractivity contribution is 5.22. The number of likely N-dealkylation sites (tertiary alicyclic amines) is 1. The van der Waals surface area contributed by atoms with E-state index in [4.69, 9.17) is 5.73 Å². The van der Waals surface area contributed by atoms with Crippen LogP contribution >= 0.6 is 0 Å². The normalized spacial score (nSPS) is 24.2. The summed E-state index contributed by atoms with van der Waals surface area (Å²) in [6.45, 7) is 4.81. The summed E-state index contributed by atoms with van der Waals surface area (Å²) in [6.07, 6.45) is 3.27. The summed E-state index contributed by atoms with van der Waals surface area (Å²) < 4.78 is 27.2. The van der Waals surface area contributed by atoms with Gasteiger partial charge in [-0.3, -0.25) is 4.90 Å². The molecule has 0 aliphatic carbocycles. The van der Waals surface area contributed by atoms with Gasteiger partial charge in [-0.05, 0) is 39.3 Å². The molecule has 0 spiro atoms. The number of nitrogens with zero attached hydrogens (tertiary/aromatic N) is 1. The molecule has 2 rings (SSSR count). The van der Waals surface area contributed by atoms with E-state index in [0.717, 1.165) is 31.9 Å².